The maximum atomic E-state index is 13.2. The zero-order valence-electron chi connectivity index (χ0n) is 11.6. The molecule has 0 saturated carbocycles. The van der Waals surface area contributed by atoms with E-state index >= 15 is 0 Å². The van der Waals surface area contributed by atoms with Crippen molar-refractivity contribution in [2.45, 2.75) is 12.5 Å². The summed E-state index contributed by atoms with van der Waals surface area (Å²) in [6.07, 6.45) is 1.02. The number of rotatable bonds is 5. The highest BCUT2D eigenvalue weighted by molar-refractivity contribution is 5.56. The van der Waals surface area contributed by atoms with E-state index in [1.54, 1.807) is 13.2 Å². The first-order valence-corrected chi connectivity index (χ1v) is 6.69. The van der Waals surface area contributed by atoms with Gasteiger partial charge in [0.1, 0.15) is 11.6 Å². The molecule has 5 heteroatoms. The van der Waals surface area contributed by atoms with Crippen molar-refractivity contribution in [3.8, 4) is 5.75 Å². The van der Waals surface area contributed by atoms with Gasteiger partial charge < -0.3 is 20.3 Å². The molecule has 4 nitrogen and oxygen atoms in total. The summed E-state index contributed by atoms with van der Waals surface area (Å²) in [5.74, 6) is 0.427. The second-order valence-corrected chi connectivity index (χ2v) is 4.90. The van der Waals surface area contributed by atoms with Crippen LogP contribution in [0.5, 0.6) is 5.75 Å². The highest BCUT2D eigenvalue weighted by Crippen LogP contribution is 2.24. The Morgan fingerprint density at radius 3 is 3.11 bits per heavy atom. The molecular weight excluding hydrogens is 245 g/mol. The van der Waals surface area contributed by atoms with Crippen molar-refractivity contribution in [3.05, 3.63) is 24.0 Å². The third kappa shape index (κ3) is 3.81. The Kier molecular flexibility index (Phi) is 4.99. The van der Waals surface area contributed by atoms with Gasteiger partial charge in [0.15, 0.2) is 0 Å². The van der Waals surface area contributed by atoms with Gasteiger partial charge in [-0.1, -0.05) is 0 Å². The van der Waals surface area contributed by atoms with Crippen LogP contribution >= 0.6 is 0 Å². The fourth-order valence-electron chi connectivity index (χ4n) is 2.38. The van der Waals surface area contributed by atoms with Gasteiger partial charge >= 0.3 is 0 Å². The SMILES string of the molecule is COc1ccc(F)cc1NCCC1CNCCN1C. The van der Waals surface area contributed by atoms with Gasteiger partial charge in [0.05, 0.1) is 12.8 Å². The maximum absolute atomic E-state index is 13.2. The van der Waals surface area contributed by atoms with Gasteiger partial charge in [0, 0.05) is 38.3 Å². The van der Waals surface area contributed by atoms with Crippen molar-refractivity contribution in [1.82, 2.24) is 10.2 Å². The Labute approximate surface area is 113 Å². The van der Waals surface area contributed by atoms with Crippen molar-refractivity contribution in [2.75, 3.05) is 45.7 Å². The van der Waals surface area contributed by atoms with Crippen LogP contribution in [0.25, 0.3) is 0 Å². The Morgan fingerprint density at radius 1 is 1.53 bits per heavy atom. The standard InChI is InChI=1S/C14H22FN3O/c1-18-8-7-16-10-12(18)5-6-17-13-9-11(15)3-4-14(13)19-2/h3-4,9,12,16-17H,5-8,10H2,1-2H3. The van der Waals surface area contributed by atoms with Crippen molar-refractivity contribution < 1.29 is 9.13 Å². The second-order valence-electron chi connectivity index (χ2n) is 4.90. The maximum Gasteiger partial charge on any atom is 0.142 e. The molecule has 0 bridgehead atoms. The molecule has 1 atom stereocenters. The molecular formula is C14H22FN3O. The Bertz CT molecular complexity index is 414. The van der Waals surface area contributed by atoms with Crippen LogP contribution < -0.4 is 15.4 Å². The zero-order valence-corrected chi connectivity index (χ0v) is 11.6. The average Bonchev–Trinajstić information content (AvgIpc) is 2.41. The fraction of sp³-hybridized carbons (Fsp3) is 0.571. The van der Waals surface area contributed by atoms with E-state index in [1.165, 1.54) is 12.1 Å². The topological polar surface area (TPSA) is 36.5 Å². The lowest BCUT2D eigenvalue weighted by molar-refractivity contribution is 0.194. The normalized spacial score (nSPS) is 20.3. The minimum Gasteiger partial charge on any atom is -0.495 e. The lowest BCUT2D eigenvalue weighted by Crippen LogP contribution is -2.49. The molecule has 1 fully saturated rings. The molecule has 2 N–H and O–H groups in total. The van der Waals surface area contributed by atoms with Gasteiger partial charge in [-0.2, -0.15) is 0 Å². The fourth-order valence-corrected chi connectivity index (χ4v) is 2.38. The molecule has 1 saturated heterocycles. The van der Waals surface area contributed by atoms with E-state index in [0.717, 1.165) is 32.6 Å². The number of methoxy groups -OCH3 is 1. The number of hydrogen-bond acceptors (Lipinski definition) is 4. The van der Waals surface area contributed by atoms with Crippen LogP contribution in [0.2, 0.25) is 0 Å². The first kappa shape index (κ1) is 14.1. The summed E-state index contributed by atoms with van der Waals surface area (Å²) in [7, 11) is 3.74. The number of likely N-dealkylation sites (N-methyl/N-ethyl adjacent to an activating group) is 1. The van der Waals surface area contributed by atoms with Gasteiger partial charge in [0.2, 0.25) is 0 Å². The molecule has 1 aliphatic rings. The molecule has 19 heavy (non-hydrogen) atoms. The molecule has 2 rings (SSSR count). The van der Waals surface area contributed by atoms with Gasteiger partial charge in [-0.25, -0.2) is 4.39 Å². The van der Waals surface area contributed by atoms with Crippen LogP contribution in [0.3, 0.4) is 0 Å². The number of nitrogens with one attached hydrogen (secondary N) is 2. The number of benzene rings is 1. The van der Waals surface area contributed by atoms with Crippen LogP contribution in [0.1, 0.15) is 6.42 Å². The third-order valence-corrected chi connectivity index (χ3v) is 3.60. The summed E-state index contributed by atoms with van der Waals surface area (Å²) in [5, 5.41) is 6.64. The monoisotopic (exact) mass is 267 g/mol. The molecule has 1 unspecified atom stereocenters. The molecule has 106 valence electrons. The molecule has 1 aromatic carbocycles. The highest BCUT2D eigenvalue weighted by atomic mass is 19.1. The van der Waals surface area contributed by atoms with Crippen molar-refractivity contribution >= 4 is 5.69 Å². The van der Waals surface area contributed by atoms with E-state index in [9.17, 15) is 4.39 Å². The summed E-state index contributed by atoms with van der Waals surface area (Å²) < 4.78 is 18.4. The number of nitrogens with zero attached hydrogens (tertiary/aromatic N) is 1. The van der Waals surface area contributed by atoms with E-state index in [2.05, 4.69) is 22.6 Å². The van der Waals surface area contributed by atoms with Crippen molar-refractivity contribution in [3.63, 3.8) is 0 Å². The molecule has 0 radical (unpaired) electrons. The van der Waals surface area contributed by atoms with Crippen molar-refractivity contribution in [2.24, 2.45) is 0 Å². The molecule has 0 amide bonds. The predicted octanol–water partition coefficient (Wildman–Crippen LogP) is 1.54. The molecule has 0 aromatic heterocycles. The molecule has 1 aliphatic heterocycles. The van der Waals surface area contributed by atoms with Gasteiger partial charge in [-0.15, -0.1) is 0 Å². The average molecular weight is 267 g/mol. The van der Waals surface area contributed by atoms with E-state index in [0.29, 0.717) is 17.5 Å². The molecule has 1 aromatic rings. The lowest BCUT2D eigenvalue weighted by atomic mass is 10.1. The van der Waals surface area contributed by atoms with Crippen LogP contribution in [-0.2, 0) is 0 Å². The first-order valence-electron chi connectivity index (χ1n) is 6.69. The summed E-state index contributed by atoms with van der Waals surface area (Å²) in [5.41, 5.74) is 0.717. The second kappa shape index (κ2) is 6.73. The van der Waals surface area contributed by atoms with E-state index in [-0.39, 0.29) is 5.82 Å². The number of piperazine rings is 1. The minimum atomic E-state index is -0.250. The Balaban J connectivity index is 1.86. The number of hydrogen-bond donors (Lipinski definition) is 2. The van der Waals surface area contributed by atoms with Crippen LogP contribution in [-0.4, -0.2) is 51.3 Å². The van der Waals surface area contributed by atoms with Gasteiger partial charge in [0.25, 0.3) is 0 Å². The van der Waals surface area contributed by atoms with E-state index in [4.69, 9.17) is 4.74 Å². The smallest absolute Gasteiger partial charge is 0.142 e. The minimum absolute atomic E-state index is 0.250. The number of halogens is 1. The third-order valence-electron chi connectivity index (χ3n) is 3.60. The van der Waals surface area contributed by atoms with Gasteiger partial charge in [-0.05, 0) is 25.6 Å². The largest absolute Gasteiger partial charge is 0.495 e. The number of ether oxygens (including phenoxy) is 1. The van der Waals surface area contributed by atoms with E-state index < -0.39 is 0 Å². The molecule has 0 aliphatic carbocycles. The molecule has 0 spiro atoms. The van der Waals surface area contributed by atoms with Crippen LogP contribution in [0.15, 0.2) is 18.2 Å². The highest BCUT2D eigenvalue weighted by Gasteiger charge is 2.17. The first-order chi connectivity index (χ1) is 9.20. The number of anilines is 1. The summed E-state index contributed by atoms with van der Waals surface area (Å²) in [6, 6.07) is 5.05. The summed E-state index contributed by atoms with van der Waals surface area (Å²) >= 11 is 0. The zero-order chi connectivity index (χ0) is 13.7. The summed E-state index contributed by atoms with van der Waals surface area (Å²) in [4.78, 5) is 2.36. The molecule has 1 heterocycles. The Hall–Kier alpha value is -1.33. The van der Waals surface area contributed by atoms with E-state index in [1.807, 2.05) is 0 Å². The summed E-state index contributed by atoms with van der Waals surface area (Å²) in [6.45, 7) is 3.95. The predicted molar refractivity (Wildman–Crippen MR) is 75.3 cm³/mol. The van der Waals surface area contributed by atoms with Crippen molar-refractivity contribution in [1.29, 1.82) is 0 Å². The quantitative estimate of drug-likeness (QED) is 0.848. The van der Waals surface area contributed by atoms with Crippen LogP contribution in [0.4, 0.5) is 10.1 Å². The Morgan fingerprint density at radius 2 is 2.37 bits per heavy atom. The van der Waals surface area contributed by atoms with Gasteiger partial charge in [-0.3, -0.25) is 0 Å². The van der Waals surface area contributed by atoms with Crippen LogP contribution in [0, 0.1) is 5.82 Å². The lowest BCUT2D eigenvalue weighted by Gasteiger charge is -2.33.